The fourth-order valence-corrected chi connectivity index (χ4v) is 6.20. The molecule has 2 aliphatic heterocycles. The Balaban J connectivity index is 1.54. The van der Waals surface area contributed by atoms with Crippen molar-refractivity contribution in [2.75, 3.05) is 33.1 Å². The van der Waals surface area contributed by atoms with Gasteiger partial charge in [-0.1, -0.05) is 6.07 Å². The number of aromatic amines is 1. The summed E-state index contributed by atoms with van der Waals surface area (Å²) in [6.45, 7) is 4.82. The Morgan fingerprint density at radius 2 is 2.00 bits per heavy atom. The van der Waals surface area contributed by atoms with Gasteiger partial charge in [0, 0.05) is 59.5 Å². The van der Waals surface area contributed by atoms with Gasteiger partial charge in [-0.3, -0.25) is 9.69 Å². The minimum Gasteiger partial charge on any atom is -0.496 e. The van der Waals surface area contributed by atoms with Crippen molar-refractivity contribution in [3.05, 3.63) is 58.8 Å². The molecule has 5 rings (SSSR count). The molecule has 0 radical (unpaired) electrons. The van der Waals surface area contributed by atoms with Crippen LogP contribution in [0.25, 0.3) is 10.9 Å². The van der Waals surface area contributed by atoms with Crippen LogP contribution >= 0.6 is 0 Å². The number of ether oxygens (including phenoxy) is 3. The van der Waals surface area contributed by atoms with E-state index in [1.807, 2.05) is 12.3 Å². The number of aryl methyl sites for hydroxylation is 1. The van der Waals surface area contributed by atoms with Crippen LogP contribution < -0.4 is 14.2 Å². The Morgan fingerprint density at radius 3 is 2.79 bits per heavy atom. The molecule has 1 amide bonds. The normalized spacial score (nSPS) is 20.8. The summed E-state index contributed by atoms with van der Waals surface area (Å²) in [5.41, 5.74) is 4.57. The van der Waals surface area contributed by atoms with Crippen LogP contribution in [0.4, 0.5) is 0 Å². The molecule has 2 N–H and O–H groups in total. The smallest absolute Gasteiger partial charge is 0.264 e. The lowest BCUT2D eigenvalue weighted by atomic mass is 9.90. The van der Waals surface area contributed by atoms with E-state index >= 15 is 0 Å². The van der Waals surface area contributed by atoms with Gasteiger partial charge in [-0.25, -0.2) is 13.1 Å². The third-order valence-electron chi connectivity index (χ3n) is 7.67. The van der Waals surface area contributed by atoms with Gasteiger partial charge in [-0.2, -0.15) is 0 Å². The maximum atomic E-state index is 12.6. The zero-order valence-corrected chi connectivity index (χ0v) is 23.6. The zero-order valence-electron chi connectivity index (χ0n) is 22.8. The van der Waals surface area contributed by atoms with Crippen LogP contribution in [0.2, 0.25) is 0 Å². The van der Waals surface area contributed by atoms with E-state index < -0.39 is 15.9 Å². The highest BCUT2D eigenvalue weighted by atomic mass is 32.2. The standard InChI is InChI=1S/C29H37N3O6S/c1-19-15-26(36-2)24(22-9-11-30-28(19)22)18-32-12-10-21-17-25(32)23-8-7-20(29(33)31-39(3,34)35)16-27(23)38-14-6-4-5-13-37-21/h7-9,11,15-16,21,25,30H,4-6,10,12-14,17-18H2,1-3H3,(H,31,33)/t21-,25-/m0/s1. The first-order chi connectivity index (χ1) is 18.7. The molecule has 39 heavy (non-hydrogen) atoms. The molecule has 210 valence electrons. The number of fused-ring (bicyclic) bond motifs is 5. The van der Waals surface area contributed by atoms with Gasteiger partial charge < -0.3 is 19.2 Å². The van der Waals surface area contributed by atoms with Crippen LogP contribution in [-0.2, 0) is 21.3 Å². The van der Waals surface area contributed by atoms with Crippen LogP contribution in [0.3, 0.4) is 0 Å². The average molecular weight is 556 g/mol. The summed E-state index contributed by atoms with van der Waals surface area (Å²) < 4.78 is 43.8. The molecular weight excluding hydrogens is 518 g/mol. The number of sulfonamides is 1. The minimum atomic E-state index is -3.68. The summed E-state index contributed by atoms with van der Waals surface area (Å²) in [4.78, 5) is 18.4. The number of methoxy groups -OCH3 is 1. The van der Waals surface area contributed by atoms with E-state index in [-0.39, 0.29) is 17.7 Å². The Labute approximate surface area is 229 Å². The van der Waals surface area contributed by atoms with Crippen molar-refractivity contribution in [1.82, 2.24) is 14.6 Å². The summed E-state index contributed by atoms with van der Waals surface area (Å²) >= 11 is 0. The SMILES string of the molecule is COc1cc(C)c2[nH]ccc2c1CN1CC[C@H]2C[C@H]1c1ccc(C(=O)NS(C)(=O)=O)cc1OCCCCCO2. The Hall–Kier alpha value is -3.08. The molecule has 3 aromatic rings. The molecule has 1 saturated heterocycles. The van der Waals surface area contributed by atoms with E-state index in [1.54, 1.807) is 19.2 Å². The highest BCUT2D eigenvalue weighted by molar-refractivity contribution is 7.89. The molecule has 2 atom stereocenters. The molecule has 10 heteroatoms. The van der Waals surface area contributed by atoms with Gasteiger partial charge in [0.1, 0.15) is 11.5 Å². The van der Waals surface area contributed by atoms with Crippen LogP contribution in [0, 0.1) is 6.92 Å². The number of carbonyl (C=O) groups is 1. The Bertz CT molecular complexity index is 1450. The minimum absolute atomic E-state index is 0.0230. The highest BCUT2D eigenvalue weighted by Gasteiger charge is 2.33. The molecule has 1 fully saturated rings. The number of rotatable bonds is 5. The second-order valence-electron chi connectivity index (χ2n) is 10.5. The maximum Gasteiger partial charge on any atom is 0.264 e. The van der Waals surface area contributed by atoms with E-state index in [4.69, 9.17) is 14.2 Å². The summed E-state index contributed by atoms with van der Waals surface area (Å²) in [5.74, 6) is 0.793. The summed E-state index contributed by atoms with van der Waals surface area (Å²) in [7, 11) is -1.98. The van der Waals surface area contributed by atoms with E-state index in [9.17, 15) is 13.2 Å². The first kappa shape index (κ1) is 27.5. The van der Waals surface area contributed by atoms with E-state index in [0.717, 1.165) is 84.9 Å². The molecule has 0 spiro atoms. The predicted molar refractivity (Wildman–Crippen MR) is 150 cm³/mol. The van der Waals surface area contributed by atoms with E-state index in [0.29, 0.717) is 18.9 Å². The number of aromatic nitrogens is 1. The zero-order chi connectivity index (χ0) is 27.6. The number of nitrogens with one attached hydrogen (secondary N) is 2. The van der Waals surface area contributed by atoms with Crippen molar-refractivity contribution < 1.29 is 27.4 Å². The van der Waals surface area contributed by atoms with Gasteiger partial charge >= 0.3 is 0 Å². The molecule has 2 bridgehead atoms. The number of benzene rings is 2. The topological polar surface area (TPSA) is 110 Å². The monoisotopic (exact) mass is 555 g/mol. The van der Waals surface area contributed by atoms with Crippen LogP contribution in [0.5, 0.6) is 11.5 Å². The summed E-state index contributed by atoms with van der Waals surface area (Å²) in [5, 5.41) is 1.14. The second-order valence-corrected chi connectivity index (χ2v) is 12.3. The van der Waals surface area contributed by atoms with Crippen LogP contribution in [-0.4, -0.2) is 63.4 Å². The van der Waals surface area contributed by atoms with Gasteiger partial charge in [-0.15, -0.1) is 0 Å². The lowest BCUT2D eigenvalue weighted by Gasteiger charge is -2.40. The largest absolute Gasteiger partial charge is 0.496 e. The quantitative estimate of drug-likeness (QED) is 0.478. The highest BCUT2D eigenvalue weighted by Crippen LogP contribution is 2.41. The molecule has 2 aromatic carbocycles. The number of nitrogens with zero attached hydrogens (tertiary/aromatic N) is 1. The van der Waals surface area contributed by atoms with Crippen molar-refractivity contribution in [1.29, 1.82) is 0 Å². The van der Waals surface area contributed by atoms with Crippen molar-refractivity contribution in [3.8, 4) is 11.5 Å². The Kier molecular flexibility index (Phi) is 8.16. The summed E-state index contributed by atoms with van der Waals surface area (Å²) in [6, 6.07) is 9.39. The average Bonchev–Trinajstić information content (AvgIpc) is 3.39. The Morgan fingerprint density at radius 1 is 1.18 bits per heavy atom. The maximum absolute atomic E-state index is 12.6. The number of piperidine rings is 1. The molecule has 0 aliphatic carbocycles. The molecule has 2 aliphatic rings. The first-order valence-electron chi connectivity index (χ1n) is 13.5. The third-order valence-corrected chi connectivity index (χ3v) is 8.23. The predicted octanol–water partition coefficient (Wildman–Crippen LogP) is 4.46. The van der Waals surface area contributed by atoms with Crippen LogP contribution in [0.15, 0.2) is 36.5 Å². The van der Waals surface area contributed by atoms with Gasteiger partial charge in [0.15, 0.2) is 0 Å². The molecule has 1 aromatic heterocycles. The van der Waals surface area contributed by atoms with E-state index in [2.05, 4.69) is 33.7 Å². The van der Waals surface area contributed by atoms with Gasteiger partial charge in [0.25, 0.3) is 5.91 Å². The number of H-pyrrole nitrogens is 1. The number of likely N-dealkylation sites (tertiary alicyclic amines) is 1. The van der Waals surface area contributed by atoms with E-state index in [1.165, 1.54) is 0 Å². The fourth-order valence-electron chi connectivity index (χ4n) is 5.75. The lowest BCUT2D eigenvalue weighted by Crippen LogP contribution is -2.40. The molecular formula is C29H37N3O6S. The van der Waals surface area contributed by atoms with Crippen molar-refractivity contribution in [3.63, 3.8) is 0 Å². The van der Waals surface area contributed by atoms with Gasteiger partial charge in [0.2, 0.25) is 10.0 Å². The van der Waals surface area contributed by atoms with Crippen molar-refractivity contribution >= 4 is 26.8 Å². The molecule has 3 heterocycles. The lowest BCUT2D eigenvalue weighted by molar-refractivity contribution is -0.0216. The van der Waals surface area contributed by atoms with Crippen molar-refractivity contribution in [2.24, 2.45) is 0 Å². The summed E-state index contributed by atoms with van der Waals surface area (Å²) in [6.07, 6.45) is 7.60. The third kappa shape index (κ3) is 6.23. The molecule has 9 nitrogen and oxygen atoms in total. The molecule has 0 unspecified atom stereocenters. The van der Waals surface area contributed by atoms with Crippen molar-refractivity contribution in [2.45, 2.75) is 57.7 Å². The number of carbonyl (C=O) groups excluding carboxylic acids is 1. The van der Waals surface area contributed by atoms with Gasteiger partial charge in [0.05, 0.1) is 26.1 Å². The first-order valence-corrected chi connectivity index (χ1v) is 15.4. The van der Waals surface area contributed by atoms with Gasteiger partial charge in [-0.05, 0) is 68.9 Å². The number of amides is 1. The second kappa shape index (κ2) is 11.6. The number of hydrogen-bond donors (Lipinski definition) is 2. The molecule has 0 saturated carbocycles. The van der Waals surface area contributed by atoms with Crippen LogP contribution in [0.1, 0.15) is 65.2 Å². The number of hydrogen-bond acceptors (Lipinski definition) is 7. The fraction of sp³-hybridized carbons (Fsp3) is 0.483.